The molecule has 0 atom stereocenters. The van der Waals surface area contributed by atoms with Gasteiger partial charge in [0.15, 0.2) is 5.78 Å². The van der Waals surface area contributed by atoms with Crippen molar-refractivity contribution in [2.24, 2.45) is 0 Å². The summed E-state index contributed by atoms with van der Waals surface area (Å²) in [6.07, 6.45) is 3.02. The first-order valence-electron chi connectivity index (χ1n) is 7.72. The maximum Gasteiger partial charge on any atom is 0.278 e. The first kappa shape index (κ1) is 15.7. The molecule has 3 aromatic rings. The van der Waals surface area contributed by atoms with E-state index in [0.717, 1.165) is 16.9 Å². The highest BCUT2D eigenvalue weighted by molar-refractivity contribution is 6.06. The summed E-state index contributed by atoms with van der Waals surface area (Å²) in [7, 11) is 0. The van der Waals surface area contributed by atoms with Gasteiger partial charge >= 0.3 is 0 Å². The molecule has 0 aliphatic carbocycles. The van der Waals surface area contributed by atoms with Crippen molar-refractivity contribution in [3.63, 3.8) is 0 Å². The Bertz CT molecular complexity index is 946. The molecule has 0 aliphatic rings. The van der Waals surface area contributed by atoms with E-state index < -0.39 is 0 Å². The molecule has 0 spiro atoms. The molecule has 120 valence electrons. The van der Waals surface area contributed by atoms with Gasteiger partial charge in [-0.2, -0.15) is 0 Å². The fourth-order valence-electron chi connectivity index (χ4n) is 2.49. The number of H-pyrrole nitrogens is 1. The van der Waals surface area contributed by atoms with Crippen molar-refractivity contribution in [3.8, 4) is 5.69 Å². The summed E-state index contributed by atoms with van der Waals surface area (Å²) in [5.41, 5.74) is 3.49. The standard InChI is InChI=1S/C20H18N2O2/c1-14-8-10-16(11-9-14)19(23)13-12-18-15(2)21-22(20(18)24)17-6-4-3-5-7-17/h3-13,21H,1-2H3/b13-12+. The van der Waals surface area contributed by atoms with E-state index in [1.165, 1.54) is 10.8 Å². The third-order valence-electron chi connectivity index (χ3n) is 3.87. The molecule has 0 unspecified atom stereocenters. The number of aryl methyl sites for hydroxylation is 2. The SMILES string of the molecule is Cc1ccc(C(=O)/C=C/c2c(C)[nH]n(-c3ccccc3)c2=O)cc1. The number of allylic oxidation sites excluding steroid dienone is 1. The van der Waals surface area contributed by atoms with Crippen molar-refractivity contribution in [2.45, 2.75) is 13.8 Å². The minimum absolute atomic E-state index is 0.124. The monoisotopic (exact) mass is 318 g/mol. The number of aromatic nitrogens is 2. The van der Waals surface area contributed by atoms with Crippen LogP contribution in [0.4, 0.5) is 0 Å². The molecule has 0 aliphatic heterocycles. The molecule has 0 amide bonds. The fraction of sp³-hybridized carbons (Fsp3) is 0.100. The molecule has 1 N–H and O–H groups in total. The summed E-state index contributed by atoms with van der Waals surface area (Å²) in [6, 6.07) is 16.7. The molecular weight excluding hydrogens is 300 g/mol. The second kappa shape index (κ2) is 6.54. The van der Waals surface area contributed by atoms with Gasteiger partial charge in [0, 0.05) is 11.3 Å². The topological polar surface area (TPSA) is 54.9 Å². The zero-order valence-electron chi connectivity index (χ0n) is 13.6. The van der Waals surface area contributed by atoms with Gasteiger partial charge in [0.05, 0.1) is 11.3 Å². The largest absolute Gasteiger partial charge is 0.295 e. The third-order valence-corrected chi connectivity index (χ3v) is 3.87. The molecule has 4 nitrogen and oxygen atoms in total. The Balaban J connectivity index is 1.91. The van der Waals surface area contributed by atoms with Gasteiger partial charge in [0.2, 0.25) is 0 Å². The van der Waals surface area contributed by atoms with E-state index in [9.17, 15) is 9.59 Å². The smallest absolute Gasteiger partial charge is 0.278 e. The molecule has 1 aromatic heterocycles. The molecule has 3 rings (SSSR count). The van der Waals surface area contributed by atoms with E-state index in [2.05, 4.69) is 5.10 Å². The zero-order chi connectivity index (χ0) is 17.1. The predicted molar refractivity (Wildman–Crippen MR) is 95.7 cm³/mol. The number of hydrogen-bond acceptors (Lipinski definition) is 2. The van der Waals surface area contributed by atoms with Crippen molar-refractivity contribution < 1.29 is 4.79 Å². The predicted octanol–water partition coefficient (Wildman–Crippen LogP) is 3.68. The van der Waals surface area contributed by atoms with Crippen LogP contribution in [0, 0.1) is 13.8 Å². The van der Waals surface area contributed by atoms with Crippen LogP contribution in [0.3, 0.4) is 0 Å². The molecule has 2 aromatic carbocycles. The number of hydrogen-bond donors (Lipinski definition) is 1. The van der Waals surface area contributed by atoms with Crippen molar-refractivity contribution in [3.05, 3.63) is 93.4 Å². The van der Waals surface area contributed by atoms with Gasteiger partial charge in [-0.1, -0.05) is 48.0 Å². The van der Waals surface area contributed by atoms with Crippen LogP contribution in [0.1, 0.15) is 27.2 Å². The number of carbonyl (C=O) groups excluding carboxylic acids is 1. The van der Waals surface area contributed by atoms with Crippen LogP contribution in [0.25, 0.3) is 11.8 Å². The maximum atomic E-state index is 12.6. The Kier molecular flexibility index (Phi) is 4.29. The van der Waals surface area contributed by atoms with E-state index >= 15 is 0 Å². The first-order valence-corrected chi connectivity index (χ1v) is 7.72. The van der Waals surface area contributed by atoms with Gasteiger partial charge < -0.3 is 0 Å². The Morgan fingerprint density at radius 1 is 1.00 bits per heavy atom. The average Bonchev–Trinajstić information content (AvgIpc) is 2.88. The van der Waals surface area contributed by atoms with Crippen LogP contribution in [0.15, 0.2) is 65.5 Å². The zero-order valence-corrected chi connectivity index (χ0v) is 13.6. The van der Waals surface area contributed by atoms with E-state index in [1.54, 1.807) is 18.2 Å². The van der Waals surface area contributed by atoms with Gasteiger partial charge in [0.1, 0.15) is 0 Å². The minimum atomic E-state index is -0.174. The summed E-state index contributed by atoms with van der Waals surface area (Å²) < 4.78 is 1.48. The summed E-state index contributed by atoms with van der Waals surface area (Å²) in [6.45, 7) is 3.79. The van der Waals surface area contributed by atoms with Crippen molar-refractivity contribution in [2.75, 3.05) is 0 Å². The van der Waals surface area contributed by atoms with Crippen molar-refractivity contribution in [1.82, 2.24) is 9.78 Å². The molecule has 0 fully saturated rings. The van der Waals surface area contributed by atoms with Crippen molar-refractivity contribution >= 4 is 11.9 Å². The van der Waals surface area contributed by atoms with Gasteiger partial charge in [-0.25, -0.2) is 4.68 Å². The molecule has 0 bridgehead atoms. The lowest BCUT2D eigenvalue weighted by atomic mass is 10.1. The number of nitrogens with one attached hydrogen (secondary N) is 1. The highest BCUT2D eigenvalue weighted by atomic mass is 16.1. The Hall–Kier alpha value is -3.14. The Labute approximate surface area is 140 Å². The van der Waals surface area contributed by atoms with E-state index in [4.69, 9.17) is 0 Å². The summed E-state index contributed by atoms with van der Waals surface area (Å²) in [4.78, 5) is 24.8. The van der Waals surface area contributed by atoms with Crippen molar-refractivity contribution in [1.29, 1.82) is 0 Å². The molecule has 0 saturated carbocycles. The highest BCUT2D eigenvalue weighted by Crippen LogP contribution is 2.10. The molecule has 24 heavy (non-hydrogen) atoms. The van der Waals surface area contributed by atoms with Gasteiger partial charge in [-0.15, -0.1) is 0 Å². The van der Waals surface area contributed by atoms with Crippen LogP contribution in [0.2, 0.25) is 0 Å². The van der Waals surface area contributed by atoms with E-state index in [0.29, 0.717) is 11.1 Å². The lowest BCUT2D eigenvalue weighted by Gasteiger charge is -1.99. The number of rotatable bonds is 4. The molecule has 0 saturated heterocycles. The van der Waals surface area contributed by atoms with Gasteiger partial charge in [-0.3, -0.25) is 14.7 Å². The third kappa shape index (κ3) is 3.13. The lowest BCUT2D eigenvalue weighted by Crippen LogP contribution is -2.15. The van der Waals surface area contributed by atoms with Crippen LogP contribution in [0.5, 0.6) is 0 Å². The quantitative estimate of drug-likeness (QED) is 0.589. The number of aromatic amines is 1. The van der Waals surface area contributed by atoms with Crippen LogP contribution >= 0.6 is 0 Å². The Morgan fingerprint density at radius 2 is 1.67 bits per heavy atom. The van der Waals surface area contributed by atoms with Crippen LogP contribution in [-0.2, 0) is 0 Å². The highest BCUT2D eigenvalue weighted by Gasteiger charge is 2.10. The number of benzene rings is 2. The number of para-hydroxylation sites is 1. The maximum absolute atomic E-state index is 12.6. The van der Waals surface area contributed by atoms with Gasteiger partial charge in [0.25, 0.3) is 5.56 Å². The van der Waals surface area contributed by atoms with Gasteiger partial charge in [-0.05, 0) is 38.1 Å². The van der Waals surface area contributed by atoms with Crippen LogP contribution < -0.4 is 5.56 Å². The second-order valence-corrected chi connectivity index (χ2v) is 5.69. The summed E-state index contributed by atoms with van der Waals surface area (Å²) in [5, 5.41) is 3.04. The minimum Gasteiger partial charge on any atom is -0.295 e. The summed E-state index contributed by atoms with van der Waals surface area (Å²) in [5.74, 6) is -0.124. The second-order valence-electron chi connectivity index (χ2n) is 5.69. The molecule has 1 heterocycles. The fourth-order valence-corrected chi connectivity index (χ4v) is 2.49. The lowest BCUT2D eigenvalue weighted by molar-refractivity contribution is 0.104. The molecule has 4 heteroatoms. The first-order chi connectivity index (χ1) is 11.6. The summed E-state index contributed by atoms with van der Waals surface area (Å²) >= 11 is 0. The molecular formula is C20H18N2O2. The van der Waals surface area contributed by atoms with E-state index in [-0.39, 0.29) is 11.3 Å². The Morgan fingerprint density at radius 3 is 2.33 bits per heavy atom. The van der Waals surface area contributed by atoms with E-state index in [1.807, 2.05) is 56.3 Å². The number of ketones is 1. The number of nitrogens with zero attached hydrogens (tertiary/aromatic N) is 1. The normalized spacial score (nSPS) is 11.1. The average molecular weight is 318 g/mol. The molecule has 0 radical (unpaired) electrons. The number of carbonyl (C=O) groups is 1. The van der Waals surface area contributed by atoms with Crippen LogP contribution in [-0.4, -0.2) is 15.6 Å².